The summed E-state index contributed by atoms with van der Waals surface area (Å²) in [5.74, 6) is 0.325. The fraction of sp³-hybridized carbons (Fsp3) is 0. The molecule has 2 heteroatoms. The first-order valence-electron chi connectivity index (χ1n) is 6.52. The number of fused-ring (bicyclic) bond motifs is 3. The SMILES string of the molecule is Oc1ccccc1-c1ccc2sc3ccccc3c2c1. The quantitative estimate of drug-likeness (QED) is 0.491. The number of hydrogen-bond donors (Lipinski definition) is 1. The molecule has 1 aromatic heterocycles. The number of phenols is 1. The zero-order valence-electron chi connectivity index (χ0n) is 10.7. The van der Waals surface area contributed by atoms with Gasteiger partial charge in [0.1, 0.15) is 5.75 Å². The molecule has 0 atom stereocenters. The van der Waals surface area contributed by atoms with Crippen LogP contribution in [0.15, 0.2) is 66.7 Å². The molecule has 0 aliphatic carbocycles. The third kappa shape index (κ3) is 1.69. The molecule has 3 aromatic carbocycles. The second-order valence-corrected chi connectivity index (χ2v) is 5.91. The third-order valence-corrected chi connectivity index (χ3v) is 4.74. The van der Waals surface area contributed by atoms with Gasteiger partial charge in [-0.25, -0.2) is 0 Å². The van der Waals surface area contributed by atoms with Gasteiger partial charge < -0.3 is 5.11 Å². The summed E-state index contributed by atoms with van der Waals surface area (Å²) < 4.78 is 2.59. The van der Waals surface area contributed by atoms with Crippen LogP contribution >= 0.6 is 11.3 Å². The Kier molecular flexibility index (Phi) is 2.51. The molecule has 0 aliphatic heterocycles. The average molecular weight is 276 g/mol. The van der Waals surface area contributed by atoms with Gasteiger partial charge in [-0.1, -0.05) is 42.5 Å². The van der Waals surface area contributed by atoms with E-state index in [4.69, 9.17) is 0 Å². The van der Waals surface area contributed by atoms with Gasteiger partial charge in [0.2, 0.25) is 0 Å². The van der Waals surface area contributed by atoms with Crippen LogP contribution in [0.2, 0.25) is 0 Å². The monoisotopic (exact) mass is 276 g/mol. The van der Waals surface area contributed by atoms with Crippen molar-refractivity contribution in [1.82, 2.24) is 0 Å². The summed E-state index contributed by atoms with van der Waals surface area (Å²) in [6, 6.07) is 22.3. The molecule has 0 spiro atoms. The molecule has 0 saturated carbocycles. The van der Waals surface area contributed by atoms with Gasteiger partial charge >= 0.3 is 0 Å². The minimum Gasteiger partial charge on any atom is -0.507 e. The lowest BCUT2D eigenvalue weighted by molar-refractivity contribution is 0.477. The lowest BCUT2D eigenvalue weighted by Crippen LogP contribution is -1.78. The first kappa shape index (κ1) is 11.5. The number of benzene rings is 3. The maximum absolute atomic E-state index is 10.0. The molecule has 0 unspecified atom stereocenters. The standard InChI is InChI=1S/C18H12OS/c19-16-7-3-1-5-13(16)12-9-10-18-15(11-12)14-6-2-4-8-17(14)20-18/h1-11,19H. The number of phenolic OH excluding ortho intramolecular Hbond substituents is 1. The highest BCUT2D eigenvalue weighted by Crippen LogP contribution is 2.37. The van der Waals surface area contributed by atoms with E-state index >= 15 is 0 Å². The molecular formula is C18H12OS. The molecule has 20 heavy (non-hydrogen) atoms. The van der Waals surface area contributed by atoms with E-state index in [1.54, 1.807) is 6.07 Å². The Bertz CT molecular complexity index is 921. The van der Waals surface area contributed by atoms with Gasteiger partial charge in [0, 0.05) is 25.7 Å². The second-order valence-electron chi connectivity index (χ2n) is 4.83. The van der Waals surface area contributed by atoms with Gasteiger partial charge in [-0.2, -0.15) is 0 Å². The van der Waals surface area contributed by atoms with E-state index in [1.807, 2.05) is 29.5 Å². The minimum absolute atomic E-state index is 0.325. The molecule has 4 rings (SSSR count). The Labute approximate surface area is 120 Å². The maximum atomic E-state index is 10.0. The van der Waals surface area contributed by atoms with Crippen LogP contribution in [-0.2, 0) is 0 Å². The summed E-state index contributed by atoms with van der Waals surface area (Å²) in [4.78, 5) is 0. The Morgan fingerprint density at radius 3 is 2.35 bits per heavy atom. The van der Waals surface area contributed by atoms with Crippen molar-refractivity contribution < 1.29 is 5.11 Å². The molecule has 1 nitrogen and oxygen atoms in total. The van der Waals surface area contributed by atoms with Crippen LogP contribution in [0.4, 0.5) is 0 Å². The molecule has 0 aliphatic rings. The summed E-state index contributed by atoms with van der Waals surface area (Å²) in [7, 11) is 0. The van der Waals surface area contributed by atoms with Gasteiger partial charge in [-0.15, -0.1) is 11.3 Å². The van der Waals surface area contributed by atoms with E-state index in [9.17, 15) is 5.11 Å². The zero-order chi connectivity index (χ0) is 13.5. The zero-order valence-corrected chi connectivity index (χ0v) is 11.5. The van der Waals surface area contributed by atoms with Crippen molar-refractivity contribution in [3.8, 4) is 16.9 Å². The van der Waals surface area contributed by atoms with Crippen LogP contribution in [-0.4, -0.2) is 5.11 Å². The fourth-order valence-corrected chi connectivity index (χ4v) is 3.70. The van der Waals surface area contributed by atoms with Crippen molar-refractivity contribution >= 4 is 31.5 Å². The predicted molar refractivity (Wildman–Crippen MR) is 86.4 cm³/mol. The topological polar surface area (TPSA) is 20.2 Å². The van der Waals surface area contributed by atoms with Gasteiger partial charge in [-0.3, -0.25) is 0 Å². The van der Waals surface area contributed by atoms with Crippen molar-refractivity contribution in [3.05, 3.63) is 66.7 Å². The van der Waals surface area contributed by atoms with Crippen LogP contribution in [0.25, 0.3) is 31.3 Å². The van der Waals surface area contributed by atoms with Crippen LogP contribution in [0.5, 0.6) is 5.75 Å². The molecule has 96 valence electrons. The van der Waals surface area contributed by atoms with E-state index in [1.165, 1.54) is 20.2 Å². The fourth-order valence-electron chi connectivity index (χ4n) is 2.61. The van der Waals surface area contributed by atoms with Crippen molar-refractivity contribution in [1.29, 1.82) is 0 Å². The molecule has 0 bridgehead atoms. The van der Waals surface area contributed by atoms with Gasteiger partial charge in [0.05, 0.1) is 0 Å². The molecule has 0 fully saturated rings. The summed E-state index contributed by atoms with van der Waals surface area (Å²) in [6.45, 7) is 0. The molecule has 0 saturated heterocycles. The number of rotatable bonds is 1. The largest absolute Gasteiger partial charge is 0.507 e. The van der Waals surface area contributed by atoms with Crippen molar-refractivity contribution in [3.63, 3.8) is 0 Å². The summed E-state index contributed by atoms with van der Waals surface area (Å²) in [5.41, 5.74) is 1.93. The molecule has 4 aromatic rings. The van der Waals surface area contributed by atoms with Crippen LogP contribution < -0.4 is 0 Å². The van der Waals surface area contributed by atoms with E-state index in [-0.39, 0.29) is 0 Å². The van der Waals surface area contributed by atoms with E-state index < -0.39 is 0 Å². The summed E-state index contributed by atoms with van der Waals surface area (Å²) in [5, 5.41) is 12.5. The van der Waals surface area contributed by atoms with E-state index in [0.717, 1.165) is 11.1 Å². The lowest BCUT2D eigenvalue weighted by atomic mass is 10.0. The van der Waals surface area contributed by atoms with Gasteiger partial charge in [0.25, 0.3) is 0 Å². The summed E-state index contributed by atoms with van der Waals surface area (Å²) >= 11 is 1.81. The first-order chi connectivity index (χ1) is 9.83. The number of thiophene rings is 1. The molecule has 1 N–H and O–H groups in total. The normalized spacial score (nSPS) is 11.2. The van der Waals surface area contributed by atoms with Gasteiger partial charge in [-0.05, 0) is 29.8 Å². The lowest BCUT2D eigenvalue weighted by Gasteiger charge is -2.04. The number of hydrogen-bond acceptors (Lipinski definition) is 2. The molecular weight excluding hydrogens is 264 g/mol. The van der Waals surface area contributed by atoms with Crippen molar-refractivity contribution in [2.24, 2.45) is 0 Å². The Morgan fingerprint density at radius 1 is 0.700 bits per heavy atom. The smallest absolute Gasteiger partial charge is 0.123 e. The summed E-state index contributed by atoms with van der Waals surface area (Å²) in [6.07, 6.45) is 0. The van der Waals surface area contributed by atoms with Crippen molar-refractivity contribution in [2.75, 3.05) is 0 Å². The minimum atomic E-state index is 0.325. The predicted octanol–water partition coefficient (Wildman–Crippen LogP) is 5.43. The Balaban J connectivity index is 2.03. The van der Waals surface area contributed by atoms with Gasteiger partial charge in [0.15, 0.2) is 0 Å². The number of para-hydroxylation sites is 1. The Morgan fingerprint density at radius 2 is 1.45 bits per heavy atom. The molecule has 0 radical (unpaired) electrons. The van der Waals surface area contributed by atoms with Crippen LogP contribution in [0.1, 0.15) is 0 Å². The molecule has 1 heterocycles. The first-order valence-corrected chi connectivity index (χ1v) is 7.34. The van der Waals surface area contributed by atoms with E-state index in [0.29, 0.717) is 5.75 Å². The maximum Gasteiger partial charge on any atom is 0.123 e. The second kappa shape index (κ2) is 4.36. The highest BCUT2D eigenvalue weighted by molar-refractivity contribution is 7.25. The van der Waals surface area contributed by atoms with Crippen molar-refractivity contribution in [2.45, 2.75) is 0 Å². The van der Waals surface area contributed by atoms with E-state index in [2.05, 4.69) is 42.5 Å². The highest BCUT2D eigenvalue weighted by atomic mass is 32.1. The third-order valence-electron chi connectivity index (χ3n) is 3.59. The Hall–Kier alpha value is -2.32. The average Bonchev–Trinajstić information content (AvgIpc) is 2.85. The highest BCUT2D eigenvalue weighted by Gasteiger charge is 2.08. The number of aromatic hydroxyl groups is 1. The molecule has 0 amide bonds. The van der Waals surface area contributed by atoms with Crippen LogP contribution in [0, 0.1) is 0 Å². The van der Waals surface area contributed by atoms with Crippen LogP contribution in [0.3, 0.4) is 0 Å².